The molecule has 4 rings (SSSR count). The maximum Gasteiger partial charge on any atom is 0.226 e. The second-order valence-corrected chi connectivity index (χ2v) is 6.77. The van der Waals surface area contributed by atoms with Crippen LogP contribution in [0.5, 0.6) is 0 Å². The van der Waals surface area contributed by atoms with Crippen LogP contribution < -0.4 is 5.32 Å². The first kappa shape index (κ1) is 16.8. The fourth-order valence-corrected chi connectivity index (χ4v) is 3.66. The first-order valence-electron chi connectivity index (χ1n) is 9.00. The summed E-state index contributed by atoms with van der Waals surface area (Å²) in [6.45, 7) is 1.35. The van der Waals surface area contributed by atoms with E-state index in [1.54, 1.807) is 6.20 Å². The number of H-pyrrole nitrogens is 1. The fraction of sp³-hybridized carbons (Fsp3) is 0.421. The third kappa shape index (κ3) is 3.35. The Morgan fingerprint density at radius 2 is 2.27 bits per heavy atom. The molecular formula is C19H23N5O2. The molecule has 7 heteroatoms. The Bertz CT molecular complexity index is 900. The van der Waals surface area contributed by atoms with E-state index in [0.717, 1.165) is 41.7 Å². The lowest BCUT2D eigenvalue weighted by Gasteiger charge is -2.31. The molecule has 7 nitrogen and oxygen atoms in total. The minimum atomic E-state index is -0.0236. The summed E-state index contributed by atoms with van der Waals surface area (Å²) in [6, 6.07) is 9.80. The molecule has 0 unspecified atom stereocenters. The number of fused-ring (bicyclic) bond motifs is 1. The van der Waals surface area contributed by atoms with E-state index in [1.165, 1.54) is 0 Å². The van der Waals surface area contributed by atoms with Gasteiger partial charge in [-0.05, 0) is 25.0 Å². The first-order valence-corrected chi connectivity index (χ1v) is 9.00. The largest absolute Gasteiger partial charge is 0.372 e. The van der Waals surface area contributed by atoms with Crippen LogP contribution >= 0.6 is 0 Å². The van der Waals surface area contributed by atoms with Crippen molar-refractivity contribution in [1.29, 1.82) is 0 Å². The number of ether oxygens (including phenoxy) is 1. The van der Waals surface area contributed by atoms with Gasteiger partial charge in [0.15, 0.2) is 0 Å². The van der Waals surface area contributed by atoms with Gasteiger partial charge in [-0.25, -0.2) is 0 Å². The van der Waals surface area contributed by atoms with Crippen molar-refractivity contribution in [2.24, 2.45) is 13.0 Å². The van der Waals surface area contributed by atoms with Gasteiger partial charge in [0.05, 0.1) is 23.3 Å². The minimum absolute atomic E-state index is 0.00580. The third-order valence-corrected chi connectivity index (χ3v) is 5.03. The van der Waals surface area contributed by atoms with E-state index in [-0.39, 0.29) is 17.9 Å². The summed E-state index contributed by atoms with van der Waals surface area (Å²) in [5, 5.41) is 15.5. The number of carbonyl (C=O) groups is 1. The molecule has 2 aromatic heterocycles. The second kappa shape index (κ2) is 7.29. The Hall–Kier alpha value is -2.67. The van der Waals surface area contributed by atoms with E-state index in [2.05, 4.69) is 20.6 Å². The number of nitrogens with one attached hydrogen (secondary N) is 2. The van der Waals surface area contributed by atoms with Crippen molar-refractivity contribution in [3.63, 3.8) is 0 Å². The van der Waals surface area contributed by atoms with Crippen molar-refractivity contribution in [3.8, 4) is 0 Å². The standard InChI is InChI=1S/C19H23N5O2/c1-24-17(8-9-21-24)19-13(5-4-10-26-19)12-20-18(25)11-16-14-6-2-3-7-15(14)22-23-16/h2-3,6-9,13,19H,4-5,10-12H2,1H3,(H,20,25)(H,22,23)/t13-,19+/m0/s1. The van der Waals surface area contributed by atoms with Gasteiger partial charge in [-0.3, -0.25) is 14.6 Å². The van der Waals surface area contributed by atoms with Crippen LogP contribution in [0, 0.1) is 5.92 Å². The molecule has 136 valence electrons. The lowest BCUT2D eigenvalue weighted by Crippen LogP contribution is -2.36. The molecule has 1 aromatic carbocycles. The van der Waals surface area contributed by atoms with Crippen LogP contribution in [-0.2, 0) is 23.0 Å². The zero-order chi connectivity index (χ0) is 17.9. The van der Waals surface area contributed by atoms with Crippen molar-refractivity contribution in [1.82, 2.24) is 25.3 Å². The summed E-state index contributed by atoms with van der Waals surface area (Å²) >= 11 is 0. The highest BCUT2D eigenvalue weighted by Gasteiger charge is 2.29. The van der Waals surface area contributed by atoms with E-state index in [0.29, 0.717) is 13.0 Å². The molecule has 1 fully saturated rings. The van der Waals surface area contributed by atoms with Crippen LogP contribution in [0.25, 0.3) is 10.9 Å². The van der Waals surface area contributed by atoms with E-state index in [1.807, 2.05) is 42.1 Å². The van der Waals surface area contributed by atoms with E-state index in [4.69, 9.17) is 4.74 Å². The molecule has 1 amide bonds. The normalized spacial score (nSPS) is 20.3. The molecule has 3 heterocycles. The molecule has 1 aliphatic heterocycles. The van der Waals surface area contributed by atoms with Crippen molar-refractivity contribution in [2.75, 3.05) is 13.2 Å². The molecule has 2 N–H and O–H groups in total. The van der Waals surface area contributed by atoms with Crippen LogP contribution in [0.2, 0.25) is 0 Å². The average molecular weight is 353 g/mol. The topological polar surface area (TPSA) is 84.8 Å². The second-order valence-electron chi connectivity index (χ2n) is 6.77. The van der Waals surface area contributed by atoms with Gasteiger partial charge in [-0.15, -0.1) is 0 Å². The number of aryl methyl sites for hydroxylation is 1. The molecule has 0 bridgehead atoms. The Morgan fingerprint density at radius 3 is 3.12 bits per heavy atom. The van der Waals surface area contributed by atoms with Crippen LogP contribution in [0.15, 0.2) is 36.5 Å². The fourth-order valence-electron chi connectivity index (χ4n) is 3.66. The Balaban J connectivity index is 1.39. The Morgan fingerprint density at radius 1 is 1.38 bits per heavy atom. The SMILES string of the molecule is Cn1nccc1[C@@H]1OCCC[C@H]1CNC(=O)Cc1[nH]nc2ccccc12. The van der Waals surface area contributed by atoms with Gasteiger partial charge in [0.25, 0.3) is 0 Å². The number of aromatic nitrogens is 4. The number of nitrogens with zero attached hydrogens (tertiary/aromatic N) is 3. The summed E-state index contributed by atoms with van der Waals surface area (Å²) in [6.07, 6.45) is 4.10. The van der Waals surface area contributed by atoms with Crippen molar-refractivity contribution in [3.05, 3.63) is 47.9 Å². The molecule has 2 atom stereocenters. The van der Waals surface area contributed by atoms with Gasteiger partial charge in [0, 0.05) is 37.7 Å². The number of rotatable bonds is 5. The quantitative estimate of drug-likeness (QED) is 0.736. The number of hydrogen-bond acceptors (Lipinski definition) is 4. The van der Waals surface area contributed by atoms with Crippen LogP contribution in [0.1, 0.15) is 30.3 Å². The predicted molar refractivity (Wildman–Crippen MR) is 97.4 cm³/mol. The van der Waals surface area contributed by atoms with Gasteiger partial charge in [-0.1, -0.05) is 18.2 Å². The lowest BCUT2D eigenvalue weighted by atomic mass is 9.92. The van der Waals surface area contributed by atoms with Crippen LogP contribution in [0.4, 0.5) is 0 Å². The summed E-state index contributed by atoms with van der Waals surface area (Å²) in [5.74, 6) is 0.246. The lowest BCUT2D eigenvalue weighted by molar-refractivity contribution is -0.121. The molecule has 0 saturated carbocycles. The van der Waals surface area contributed by atoms with Gasteiger partial charge in [-0.2, -0.15) is 10.2 Å². The van der Waals surface area contributed by atoms with Crippen LogP contribution in [0.3, 0.4) is 0 Å². The van der Waals surface area contributed by atoms with Gasteiger partial charge >= 0.3 is 0 Å². The van der Waals surface area contributed by atoms with Crippen molar-refractivity contribution in [2.45, 2.75) is 25.4 Å². The summed E-state index contributed by atoms with van der Waals surface area (Å²) in [5.41, 5.74) is 2.79. The van der Waals surface area contributed by atoms with E-state index in [9.17, 15) is 4.79 Å². The number of benzene rings is 1. The van der Waals surface area contributed by atoms with Crippen LogP contribution in [-0.4, -0.2) is 39.0 Å². The molecular weight excluding hydrogens is 330 g/mol. The van der Waals surface area contributed by atoms with Gasteiger partial charge < -0.3 is 10.1 Å². The number of carbonyl (C=O) groups excluding carboxylic acids is 1. The molecule has 0 radical (unpaired) electrons. The molecule has 1 aliphatic rings. The third-order valence-electron chi connectivity index (χ3n) is 5.03. The molecule has 1 saturated heterocycles. The summed E-state index contributed by atoms with van der Waals surface area (Å²) in [4.78, 5) is 12.4. The summed E-state index contributed by atoms with van der Waals surface area (Å²) < 4.78 is 7.83. The number of para-hydroxylation sites is 1. The Labute approximate surface area is 151 Å². The maximum absolute atomic E-state index is 12.4. The molecule has 0 spiro atoms. The van der Waals surface area contributed by atoms with E-state index < -0.39 is 0 Å². The highest BCUT2D eigenvalue weighted by molar-refractivity contribution is 5.87. The van der Waals surface area contributed by atoms with Gasteiger partial charge in [0.2, 0.25) is 5.91 Å². The smallest absolute Gasteiger partial charge is 0.226 e. The highest BCUT2D eigenvalue weighted by Crippen LogP contribution is 2.32. The summed E-state index contributed by atoms with van der Waals surface area (Å²) in [7, 11) is 1.92. The van der Waals surface area contributed by atoms with Gasteiger partial charge in [0.1, 0.15) is 6.10 Å². The molecule has 26 heavy (non-hydrogen) atoms. The molecule has 3 aromatic rings. The van der Waals surface area contributed by atoms with Crippen molar-refractivity contribution < 1.29 is 9.53 Å². The average Bonchev–Trinajstić information content (AvgIpc) is 3.27. The zero-order valence-corrected chi connectivity index (χ0v) is 14.8. The highest BCUT2D eigenvalue weighted by atomic mass is 16.5. The number of aromatic amines is 1. The van der Waals surface area contributed by atoms with E-state index >= 15 is 0 Å². The first-order chi connectivity index (χ1) is 12.7. The number of hydrogen-bond donors (Lipinski definition) is 2. The van der Waals surface area contributed by atoms with Crippen molar-refractivity contribution >= 4 is 16.8 Å². The Kier molecular flexibility index (Phi) is 4.71. The minimum Gasteiger partial charge on any atom is -0.372 e. The number of amides is 1. The maximum atomic E-state index is 12.4. The monoisotopic (exact) mass is 353 g/mol. The predicted octanol–water partition coefficient (Wildman–Crippen LogP) is 2.12. The zero-order valence-electron chi connectivity index (χ0n) is 14.8. The molecule has 0 aliphatic carbocycles.